The van der Waals surface area contributed by atoms with E-state index in [1.807, 2.05) is 12.1 Å². The molecule has 0 aromatic heterocycles. The van der Waals surface area contributed by atoms with Crippen molar-refractivity contribution < 1.29 is 22.7 Å². The third-order valence-electron chi connectivity index (χ3n) is 4.85. The molecule has 10 heteroatoms. The third-order valence-corrected chi connectivity index (χ3v) is 6.29. The Kier molecular flexibility index (Phi) is 7.19. The highest BCUT2D eigenvalue weighted by Crippen LogP contribution is 2.22. The van der Waals surface area contributed by atoms with Crippen molar-refractivity contribution in [3.05, 3.63) is 53.1 Å². The molecular weight excluding hydrogens is 442 g/mol. The van der Waals surface area contributed by atoms with Crippen LogP contribution in [-0.4, -0.2) is 71.3 Å². The van der Waals surface area contributed by atoms with Gasteiger partial charge < -0.3 is 19.9 Å². The molecule has 1 aliphatic rings. The maximum Gasteiger partial charge on any atom is 0.255 e. The van der Waals surface area contributed by atoms with E-state index < -0.39 is 15.7 Å². The Morgan fingerprint density at radius 3 is 2.39 bits per heavy atom. The van der Waals surface area contributed by atoms with Gasteiger partial charge in [0.05, 0.1) is 35.2 Å². The van der Waals surface area contributed by atoms with Gasteiger partial charge in [-0.05, 0) is 42.5 Å². The number of halogens is 1. The number of amides is 2. The average molecular weight is 466 g/mol. The summed E-state index contributed by atoms with van der Waals surface area (Å²) in [6, 6.07) is 11.4. The summed E-state index contributed by atoms with van der Waals surface area (Å²) in [5.41, 5.74) is 1.68. The number of hydrogen-bond acceptors (Lipinski definition) is 6. The molecule has 2 aromatic rings. The van der Waals surface area contributed by atoms with Crippen LogP contribution in [0.15, 0.2) is 47.4 Å². The first-order valence-corrected chi connectivity index (χ1v) is 11.9. The van der Waals surface area contributed by atoms with Gasteiger partial charge in [0.15, 0.2) is 9.84 Å². The molecule has 0 aliphatic carbocycles. The fraction of sp³-hybridized carbons (Fsp3) is 0.333. The highest BCUT2D eigenvalue weighted by atomic mass is 35.5. The average Bonchev–Trinajstić information content (AvgIpc) is 2.74. The second-order valence-corrected chi connectivity index (χ2v) is 9.69. The predicted molar refractivity (Wildman–Crippen MR) is 120 cm³/mol. The molecular formula is C21H24ClN3O5S. The molecule has 0 atom stereocenters. The predicted octanol–water partition coefficient (Wildman–Crippen LogP) is 2.29. The SMILES string of the molecule is CN(CC(=O)Nc1ccc(N2CCOCC2)cc1)C(=O)c1cc(S(C)(=O)=O)ccc1Cl. The van der Waals surface area contributed by atoms with E-state index in [4.69, 9.17) is 16.3 Å². The lowest BCUT2D eigenvalue weighted by molar-refractivity contribution is -0.116. The second kappa shape index (κ2) is 9.67. The summed E-state index contributed by atoms with van der Waals surface area (Å²) < 4.78 is 28.9. The number of ether oxygens (including phenoxy) is 1. The van der Waals surface area contributed by atoms with Crippen LogP contribution in [0.2, 0.25) is 5.02 Å². The van der Waals surface area contributed by atoms with Crippen LogP contribution in [0.3, 0.4) is 0 Å². The molecule has 2 aromatic carbocycles. The van der Waals surface area contributed by atoms with Crippen molar-refractivity contribution in [2.75, 3.05) is 56.4 Å². The minimum atomic E-state index is -3.50. The Labute approximate surface area is 186 Å². The number of hydrogen-bond donors (Lipinski definition) is 1. The molecule has 2 amide bonds. The van der Waals surface area contributed by atoms with E-state index in [1.54, 1.807) is 12.1 Å². The summed E-state index contributed by atoms with van der Waals surface area (Å²) in [5, 5.41) is 2.87. The summed E-state index contributed by atoms with van der Waals surface area (Å²) in [7, 11) is -2.04. The van der Waals surface area contributed by atoms with Crippen LogP contribution in [-0.2, 0) is 19.4 Å². The summed E-state index contributed by atoms with van der Waals surface area (Å²) in [6.07, 6.45) is 1.05. The smallest absolute Gasteiger partial charge is 0.255 e. The van der Waals surface area contributed by atoms with Crippen LogP contribution in [0.25, 0.3) is 0 Å². The number of rotatable bonds is 6. The van der Waals surface area contributed by atoms with Crippen molar-refractivity contribution in [3.8, 4) is 0 Å². The molecule has 166 valence electrons. The Morgan fingerprint density at radius 2 is 1.77 bits per heavy atom. The first kappa shape index (κ1) is 23.1. The Balaban J connectivity index is 1.62. The van der Waals surface area contributed by atoms with E-state index in [1.165, 1.54) is 30.1 Å². The number of sulfone groups is 1. The minimum absolute atomic E-state index is 0.0153. The fourth-order valence-corrected chi connectivity index (χ4v) is 4.01. The van der Waals surface area contributed by atoms with Gasteiger partial charge in [-0.15, -0.1) is 0 Å². The quantitative estimate of drug-likeness (QED) is 0.703. The lowest BCUT2D eigenvalue weighted by Crippen LogP contribution is -2.36. The largest absolute Gasteiger partial charge is 0.378 e. The van der Waals surface area contributed by atoms with E-state index in [0.717, 1.165) is 25.0 Å². The minimum Gasteiger partial charge on any atom is -0.378 e. The molecule has 0 radical (unpaired) electrons. The van der Waals surface area contributed by atoms with Gasteiger partial charge in [-0.25, -0.2) is 8.42 Å². The zero-order chi connectivity index (χ0) is 22.6. The van der Waals surface area contributed by atoms with Crippen LogP contribution in [0.1, 0.15) is 10.4 Å². The molecule has 1 aliphatic heterocycles. The summed E-state index contributed by atoms with van der Waals surface area (Å²) in [5.74, 6) is -0.932. The third kappa shape index (κ3) is 5.96. The second-order valence-electron chi connectivity index (χ2n) is 7.27. The van der Waals surface area contributed by atoms with E-state index in [2.05, 4.69) is 10.2 Å². The van der Waals surface area contributed by atoms with Gasteiger partial charge in [0.2, 0.25) is 5.91 Å². The molecule has 0 unspecified atom stereocenters. The van der Waals surface area contributed by atoms with Crippen molar-refractivity contribution >= 4 is 44.6 Å². The molecule has 1 N–H and O–H groups in total. The molecule has 0 bridgehead atoms. The van der Waals surface area contributed by atoms with Crippen molar-refractivity contribution in [1.82, 2.24) is 4.90 Å². The van der Waals surface area contributed by atoms with Crippen LogP contribution < -0.4 is 10.2 Å². The van der Waals surface area contributed by atoms with Crippen molar-refractivity contribution in [2.24, 2.45) is 0 Å². The monoisotopic (exact) mass is 465 g/mol. The van der Waals surface area contributed by atoms with E-state index in [-0.39, 0.29) is 27.9 Å². The molecule has 0 spiro atoms. The Hall–Kier alpha value is -2.62. The molecule has 3 rings (SSSR count). The zero-order valence-corrected chi connectivity index (χ0v) is 18.9. The van der Waals surface area contributed by atoms with Gasteiger partial charge in [-0.1, -0.05) is 11.6 Å². The molecule has 1 fully saturated rings. The number of benzene rings is 2. The van der Waals surface area contributed by atoms with Crippen LogP contribution in [0.4, 0.5) is 11.4 Å². The zero-order valence-electron chi connectivity index (χ0n) is 17.3. The summed E-state index contributed by atoms with van der Waals surface area (Å²) in [6.45, 7) is 2.80. The van der Waals surface area contributed by atoms with Gasteiger partial charge in [0, 0.05) is 37.8 Å². The number of nitrogens with zero attached hydrogens (tertiary/aromatic N) is 2. The van der Waals surface area contributed by atoms with E-state index in [9.17, 15) is 18.0 Å². The number of anilines is 2. The highest BCUT2D eigenvalue weighted by molar-refractivity contribution is 7.90. The molecule has 31 heavy (non-hydrogen) atoms. The number of likely N-dealkylation sites (N-methyl/N-ethyl adjacent to an activating group) is 1. The van der Waals surface area contributed by atoms with Crippen LogP contribution in [0.5, 0.6) is 0 Å². The maximum atomic E-state index is 12.7. The van der Waals surface area contributed by atoms with Crippen molar-refractivity contribution in [2.45, 2.75) is 4.90 Å². The normalized spacial score (nSPS) is 14.2. The lowest BCUT2D eigenvalue weighted by Gasteiger charge is -2.28. The number of morpholine rings is 1. The standard InChI is InChI=1S/C21H24ClN3O5S/c1-24(21(27)18-13-17(31(2,28)29)7-8-19(18)22)14-20(26)23-15-3-5-16(6-4-15)25-9-11-30-12-10-25/h3-8,13H,9-12,14H2,1-2H3,(H,23,26). The van der Waals surface area contributed by atoms with Gasteiger partial charge >= 0.3 is 0 Å². The van der Waals surface area contributed by atoms with Gasteiger partial charge in [0.1, 0.15) is 0 Å². The Morgan fingerprint density at radius 1 is 1.13 bits per heavy atom. The van der Waals surface area contributed by atoms with E-state index in [0.29, 0.717) is 18.9 Å². The summed E-state index contributed by atoms with van der Waals surface area (Å²) >= 11 is 6.08. The number of carbonyl (C=O) groups excluding carboxylic acids is 2. The number of carbonyl (C=O) groups is 2. The first-order valence-electron chi connectivity index (χ1n) is 9.63. The summed E-state index contributed by atoms with van der Waals surface area (Å²) in [4.78, 5) is 28.5. The molecule has 0 saturated carbocycles. The highest BCUT2D eigenvalue weighted by Gasteiger charge is 2.20. The van der Waals surface area contributed by atoms with Gasteiger partial charge in [0.25, 0.3) is 5.91 Å². The molecule has 1 heterocycles. The topological polar surface area (TPSA) is 96.0 Å². The van der Waals surface area contributed by atoms with Crippen molar-refractivity contribution in [1.29, 1.82) is 0 Å². The Bertz CT molecular complexity index is 1070. The fourth-order valence-electron chi connectivity index (χ4n) is 3.17. The van der Waals surface area contributed by atoms with Gasteiger partial charge in [-0.3, -0.25) is 9.59 Å². The molecule has 8 nitrogen and oxygen atoms in total. The lowest BCUT2D eigenvalue weighted by atomic mass is 10.2. The van der Waals surface area contributed by atoms with Crippen LogP contribution in [0, 0.1) is 0 Å². The van der Waals surface area contributed by atoms with Gasteiger partial charge in [-0.2, -0.15) is 0 Å². The maximum absolute atomic E-state index is 12.7. The number of nitrogens with one attached hydrogen (secondary N) is 1. The molecule has 1 saturated heterocycles. The van der Waals surface area contributed by atoms with Crippen molar-refractivity contribution in [3.63, 3.8) is 0 Å². The van der Waals surface area contributed by atoms with E-state index >= 15 is 0 Å². The first-order chi connectivity index (χ1) is 14.6. The van der Waals surface area contributed by atoms with Crippen LogP contribution >= 0.6 is 11.6 Å².